The second-order valence-electron chi connectivity index (χ2n) is 3.10. The number of ether oxygens (including phenoxy) is 1. The van der Waals surface area contributed by atoms with Crippen LogP contribution in [0.4, 0.5) is 5.69 Å². The highest BCUT2D eigenvalue weighted by Crippen LogP contribution is 2.23. The number of nitrogens with zero attached hydrogens (tertiary/aromatic N) is 2. The van der Waals surface area contributed by atoms with Crippen molar-refractivity contribution in [1.29, 1.82) is 5.26 Å². The zero-order valence-corrected chi connectivity index (χ0v) is 9.47. The molecule has 0 spiro atoms. The largest absolute Gasteiger partial charge is 0.444 e. The van der Waals surface area contributed by atoms with Gasteiger partial charge in [0.1, 0.15) is 6.07 Å². The van der Waals surface area contributed by atoms with Crippen LogP contribution in [-0.4, -0.2) is 17.0 Å². The monoisotopic (exact) mass is 254 g/mol. The summed E-state index contributed by atoms with van der Waals surface area (Å²) in [6, 6.07) is 5.10. The van der Waals surface area contributed by atoms with Crippen molar-refractivity contribution in [1.82, 2.24) is 0 Å². The third-order valence-electron chi connectivity index (χ3n) is 1.85. The Balaban J connectivity index is 2.97. The lowest BCUT2D eigenvalue weighted by Crippen LogP contribution is -2.13. The maximum atomic E-state index is 11.5. The van der Waals surface area contributed by atoms with E-state index in [2.05, 4.69) is 0 Å². The van der Waals surface area contributed by atoms with Crippen molar-refractivity contribution in [3.63, 3.8) is 0 Å². The van der Waals surface area contributed by atoms with Crippen LogP contribution in [0.5, 0.6) is 0 Å². The average Bonchev–Trinajstić information content (AvgIpc) is 2.28. The average molecular weight is 255 g/mol. The van der Waals surface area contributed by atoms with Crippen LogP contribution in [0.3, 0.4) is 0 Å². The smallest absolute Gasteiger partial charge is 0.340 e. The summed E-state index contributed by atoms with van der Waals surface area (Å²) < 4.78 is 4.71. The van der Waals surface area contributed by atoms with Gasteiger partial charge >= 0.3 is 5.97 Å². The Hall–Kier alpha value is -2.13. The zero-order valence-electron chi connectivity index (χ0n) is 8.71. The molecule has 0 saturated heterocycles. The number of rotatable bonds is 3. The van der Waals surface area contributed by atoms with Gasteiger partial charge in [-0.3, -0.25) is 10.1 Å². The van der Waals surface area contributed by atoms with Gasteiger partial charge in [0, 0.05) is 12.1 Å². The molecule has 0 aliphatic heterocycles. The SMILES string of the molecule is C[C@H](C#N)OC(=O)c1ccc([N+](=O)[O-])cc1Cl. The summed E-state index contributed by atoms with van der Waals surface area (Å²) in [5, 5.41) is 18.8. The van der Waals surface area contributed by atoms with Crippen molar-refractivity contribution in [2.24, 2.45) is 0 Å². The molecule has 0 aliphatic carbocycles. The van der Waals surface area contributed by atoms with Crippen molar-refractivity contribution in [3.8, 4) is 6.07 Å². The van der Waals surface area contributed by atoms with Crippen LogP contribution in [-0.2, 0) is 4.74 Å². The molecule has 1 rings (SSSR count). The Morgan fingerprint density at radius 2 is 2.29 bits per heavy atom. The molecule has 0 unspecified atom stereocenters. The first-order valence-electron chi connectivity index (χ1n) is 4.50. The lowest BCUT2D eigenvalue weighted by molar-refractivity contribution is -0.384. The molecule has 1 aromatic carbocycles. The summed E-state index contributed by atoms with van der Waals surface area (Å²) in [6.45, 7) is 1.40. The van der Waals surface area contributed by atoms with E-state index in [1.54, 1.807) is 6.07 Å². The van der Waals surface area contributed by atoms with E-state index < -0.39 is 17.0 Å². The quantitative estimate of drug-likeness (QED) is 0.469. The normalized spacial score (nSPS) is 11.4. The molecule has 6 nitrogen and oxygen atoms in total. The van der Waals surface area contributed by atoms with E-state index in [-0.39, 0.29) is 16.3 Å². The molecule has 0 saturated carbocycles. The van der Waals surface area contributed by atoms with Gasteiger partial charge in [-0.15, -0.1) is 0 Å². The maximum Gasteiger partial charge on any atom is 0.340 e. The number of nitro groups is 1. The number of esters is 1. The molecule has 7 heteroatoms. The van der Waals surface area contributed by atoms with Crippen molar-refractivity contribution in [2.45, 2.75) is 13.0 Å². The Bertz CT molecular complexity index is 510. The standard InChI is InChI=1S/C10H7ClN2O4/c1-6(5-12)17-10(14)8-3-2-7(13(15)16)4-9(8)11/h2-4,6H,1H3/t6-/m1/s1. The van der Waals surface area contributed by atoms with Crippen molar-refractivity contribution in [2.75, 3.05) is 0 Å². The molecular weight excluding hydrogens is 248 g/mol. The highest BCUT2D eigenvalue weighted by Gasteiger charge is 2.17. The molecule has 1 atom stereocenters. The van der Waals surface area contributed by atoms with Crippen LogP contribution >= 0.6 is 11.6 Å². The minimum atomic E-state index is -0.909. The van der Waals surface area contributed by atoms with Gasteiger partial charge in [-0.1, -0.05) is 11.6 Å². The fraction of sp³-hybridized carbons (Fsp3) is 0.200. The predicted octanol–water partition coefficient (Wildman–Crippen LogP) is 2.32. The molecule has 1 aromatic rings. The fourth-order valence-corrected chi connectivity index (χ4v) is 1.29. The van der Waals surface area contributed by atoms with E-state index in [1.165, 1.54) is 13.0 Å². The van der Waals surface area contributed by atoms with Gasteiger partial charge < -0.3 is 4.74 Å². The summed E-state index contributed by atoms with van der Waals surface area (Å²) in [4.78, 5) is 21.3. The summed E-state index contributed by atoms with van der Waals surface area (Å²) in [5.41, 5.74) is -0.237. The van der Waals surface area contributed by atoms with Gasteiger partial charge in [0.15, 0.2) is 6.10 Å². The molecule has 0 bridgehead atoms. The van der Waals surface area contributed by atoms with Crippen molar-refractivity contribution in [3.05, 3.63) is 38.9 Å². The first-order valence-corrected chi connectivity index (χ1v) is 4.88. The lowest BCUT2D eigenvalue weighted by Gasteiger charge is -2.06. The van der Waals surface area contributed by atoms with E-state index in [4.69, 9.17) is 21.6 Å². The molecule has 88 valence electrons. The van der Waals surface area contributed by atoms with E-state index in [0.29, 0.717) is 0 Å². The number of halogens is 1. The predicted molar refractivity (Wildman–Crippen MR) is 58.6 cm³/mol. The Labute approximate surface area is 102 Å². The Kier molecular flexibility index (Phi) is 4.01. The fourth-order valence-electron chi connectivity index (χ4n) is 1.03. The molecule has 0 amide bonds. The van der Waals surface area contributed by atoms with Crippen LogP contribution < -0.4 is 0 Å². The number of nitriles is 1. The molecule has 0 fully saturated rings. The molecule has 0 radical (unpaired) electrons. The summed E-state index contributed by atoms with van der Waals surface area (Å²) in [6.07, 6.45) is -0.909. The molecule has 0 heterocycles. The third-order valence-corrected chi connectivity index (χ3v) is 2.16. The number of carbonyl (C=O) groups excluding carboxylic acids is 1. The number of hydrogen-bond acceptors (Lipinski definition) is 5. The topological polar surface area (TPSA) is 93.2 Å². The summed E-state index contributed by atoms with van der Waals surface area (Å²) in [7, 11) is 0. The van der Waals surface area contributed by atoms with Crippen LogP contribution in [0.2, 0.25) is 5.02 Å². The van der Waals surface area contributed by atoms with Gasteiger partial charge in [-0.25, -0.2) is 4.79 Å². The van der Waals surface area contributed by atoms with E-state index in [0.717, 1.165) is 12.1 Å². The minimum Gasteiger partial charge on any atom is -0.444 e. The minimum absolute atomic E-state index is 0.0145. The van der Waals surface area contributed by atoms with Gasteiger partial charge in [-0.05, 0) is 13.0 Å². The first-order chi connectivity index (χ1) is 7.95. The molecule has 0 aromatic heterocycles. The van der Waals surface area contributed by atoms with Crippen LogP contribution in [0.25, 0.3) is 0 Å². The van der Waals surface area contributed by atoms with E-state index >= 15 is 0 Å². The van der Waals surface area contributed by atoms with Crippen molar-refractivity contribution >= 4 is 23.3 Å². The second-order valence-corrected chi connectivity index (χ2v) is 3.51. The second kappa shape index (κ2) is 5.27. The molecule has 0 aliphatic rings. The number of non-ortho nitro benzene ring substituents is 1. The molecular formula is C10H7ClN2O4. The summed E-state index contributed by atoms with van der Waals surface area (Å²) >= 11 is 5.71. The van der Waals surface area contributed by atoms with Crippen LogP contribution in [0.1, 0.15) is 17.3 Å². The van der Waals surface area contributed by atoms with Gasteiger partial charge in [0.25, 0.3) is 5.69 Å². The number of nitro benzene ring substituents is 1. The van der Waals surface area contributed by atoms with E-state index in [9.17, 15) is 14.9 Å². The van der Waals surface area contributed by atoms with E-state index in [1.807, 2.05) is 0 Å². The van der Waals surface area contributed by atoms with Gasteiger partial charge in [0.05, 0.1) is 15.5 Å². The highest BCUT2D eigenvalue weighted by molar-refractivity contribution is 6.33. The molecule has 17 heavy (non-hydrogen) atoms. The molecule has 0 N–H and O–H groups in total. The van der Waals surface area contributed by atoms with Gasteiger partial charge in [-0.2, -0.15) is 5.26 Å². The lowest BCUT2D eigenvalue weighted by atomic mass is 10.2. The number of benzene rings is 1. The first kappa shape index (κ1) is 12.9. The Morgan fingerprint density at radius 3 is 2.76 bits per heavy atom. The number of hydrogen-bond donors (Lipinski definition) is 0. The van der Waals surface area contributed by atoms with Crippen LogP contribution in [0.15, 0.2) is 18.2 Å². The Morgan fingerprint density at radius 1 is 1.65 bits per heavy atom. The van der Waals surface area contributed by atoms with Gasteiger partial charge in [0.2, 0.25) is 0 Å². The van der Waals surface area contributed by atoms with Crippen molar-refractivity contribution < 1.29 is 14.5 Å². The highest BCUT2D eigenvalue weighted by atomic mass is 35.5. The zero-order chi connectivity index (χ0) is 13.0. The maximum absolute atomic E-state index is 11.5. The van der Waals surface area contributed by atoms with Crippen LogP contribution in [0, 0.1) is 21.4 Å². The number of carbonyl (C=O) groups is 1. The summed E-state index contributed by atoms with van der Waals surface area (Å²) in [5.74, 6) is -0.793. The third kappa shape index (κ3) is 3.16.